The predicted octanol–water partition coefficient (Wildman–Crippen LogP) is -0.138. The first-order chi connectivity index (χ1) is 11.0. The van der Waals surface area contributed by atoms with E-state index in [4.69, 9.17) is 19.9 Å². The molecule has 2 amide bonds. The molecule has 8 heteroatoms. The van der Waals surface area contributed by atoms with E-state index >= 15 is 0 Å². The summed E-state index contributed by atoms with van der Waals surface area (Å²) in [5.41, 5.74) is 5.51. The highest BCUT2D eigenvalue weighted by Gasteiger charge is 2.07. The van der Waals surface area contributed by atoms with Crippen molar-refractivity contribution in [2.24, 2.45) is 5.73 Å². The zero-order valence-electron chi connectivity index (χ0n) is 12.8. The number of esters is 1. The first-order valence-corrected chi connectivity index (χ1v) is 6.58. The number of carbonyl (C=O) groups excluding carboxylic acids is 3. The van der Waals surface area contributed by atoms with Crippen molar-refractivity contribution in [2.75, 3.05) is 27.4 Å². The van der Waals surface area contributed by atoms with Crippen LogP contribution in [0.25, 0.3) is 6.08 Å². The summed E-state index contributed by atoms with van der Waals surface area (Å²) in [6.07, 6.45) is 2.65. The molecule has 0 aliphatic rings. The van der Waals surface area contributed by atoms with Gasteiger partial charge in [0.1, 0.15) is 11.5 Å². The van der Waals surface area contributed by atoms with Gasteiger partial charge < -0.3 is 25.3 Å². The van der Waals surface area contributed by atoms with Crippen molar-refractivity contribution in [2.45, 2.75) is 0 Å². The molecule has 8 nitrogen and oxygen atoms in total. The lowest BCUT2D eigenvalue weighted by Crippen LogP contribution is -2.35. The molecule has 0 atom stereocenters. The van der Waals surface area contributed by atoms with E-state index in [0.29, 0.717) is 17.1 Å². The Morgan fingerprint density at radius 1 is 1.22 bits per heavy atom. The quantitative estimate of drug-likeness (QED) is 0.508. The fraction of sp³-hybridized carbons (Fsp3) is 0.267. The van der Waals surface area contributed by atoms with Crippen molar-refractivity contribution in [3.05, 3.63) is 29.8 Å². The molecule has 0 spiro atoms. The molecule has 1 rings (SSSR count). The summed E-state index contributed by atoms with van der Waals surface area (Å²) in [6, 6.07) is 5.09. The van der Waals surface area contributed by atoms with E-state index in [-0.39, 0.29) is 6.54 Å². The van der Waals surface area contributed by atoms with Crippen molar-refractivity contribution >= 4 is 23.9 Å². The molecule has 0 bridgehead atoms. The number of benzene rings is 1. The number of hydrogen-bond donors (Lipinski definition) is 2. The lowest BCUT2D eigenvalue weighted by Gasteiger charge is -2.07. The molecular weight excluding hydrogens is 304 g/mol. The maximum atomic E-state index is 11.5. The molecule has 0 unspecified atom stereocenters. The Morgan fingerprint density at radius 3 is 2.57 bits per heavy atom. The number of nitrogens with two attached hydrogens (primary N) is 1. The summed E-state index contributed by atoms with van der Waals surface area (Å²) in [5.74, 6) is -0.874. The maximum Gasteiger partial charge on any atom is 0.331 e. The largest absolute Gasteiger partial charge is 0.497 e. The Kier molecular flexibility index (Phi) is 7.12. The minimum atomic E-state index is -0.711. The molecule has 0 aliphatic heterocycles. The summed E-state index contributed by atoms with van der Waals surface area (Å²) in [7, 11) is 3.03. The number of ether oxygens (including phenoxy) is 3. The van der Waals surface area contributed by atoms with Gasteiger partial charge >= 0.3 is 5.97 Å². The highest BCUT2D eigenvalue weighted by Crippen LogP contribution is 2.25. The van der Waals surface area contributed by atoms with E-state index in [9.17, 15) is 14.4 Å². The van der Waals surface area contributed by atoms with Crippen LogP contribution in [0.2, 0.25) is 0 Å². The van der Waals surface area contributed by atoms with Gasteiger partial charge in [-0.3, -0.25) is 9.59 Å². The van der Waals surface area contributed by atoms with Crippen LogP contribution in [-0.2, 0) is 19.1 Å². The SMILES string of the molecule is COc1ccc(/C=C/C(=O)OCC(=O)NCC(N)=O)c(OC)c1. The zero-order valence-corrected chi connectivity index (χ0v) is 12.8. The maximum absolute atomic E-state index is 11.5. The molecule has 124 valence electrons. The molecule has 0 aliphatic carbocycles. The van der Waals surface area contributed by atoms with Gasteiger partial charge in [-0.15, -0.1) is 0 Å². The lowest BCUT2D eigenvalue weighted by atomic mass is 10.2. The Hall–Kier alpha value is -3.03. The second kappa shape index (κ2) is 9.08. The average Bonchev–Trinajstić information content (AvgIpc) is 2.55. The van der Waals surface area contributed by atoms with E-state index in [1.807, 2.05) is 0 Å². The third-order valence-corrected chi connectivity index (χ3v) is 2.64. The van der Waals surface area contributed by atoms with Crippen LogP contribution in [0.3, 0.4) is 0 Å². The molecule has 1 aromatic rings. The van der Waals surface area contributed by atoms with Crippen LogP contribution in [0.1, 0.15) is 5.56 Å². The van der Waals surface area contributed by atoms with Crippen LogP contribution in [-0.4, -0.2) is 45.2 Å². The normalized spacial score (nSPS) is 10.2. The smallest absolute Gasteiger partial charge is 0.331 e. The molecule has 0 aromatic heterocycles. The van der Waals surface area contributed by atoms with Crippen molar-refractivity contribution in [3.63, 3.8) is 0 Å². The number of carbonyl (C=O) groups is 3. The fourth-order valence-corrected chi connectivity index (χ4v) is 1.54. The molecule has 3 N–H and O–H groups in total. The van der Waals surface area contributed by atoms with E-state index in [1.54, 1.807) is 18.2 Å². The van der Waals surface area contributed by atoms with Crippen LogP contribution in [0.4, 0.5) is 0 Å². The van der Waals surface area contributed by atoms with Crippen molar-refractivity contribution in [1.29, 1.82) is 0 Å². The van der Waals surface area contributed by atoms with Crippen molar-refractivity contribution < 1.29 is 28.6 Å². The third kappa shape index (κ3) is 6.51. The highest BCUT2D eigenvalue weighted by molar-refractivity contribution is 5.90. The van der Waals surface area contributed by atoms with Gasteiger partial charge in [0, 0.05) is 17.7 Å². The molecule has 0 fully saturated rings. The van der Waals surface area contributed by atoms with E-state index in [1.165, 1.54) is 20.3 Å². The molecule has 0 saturated heterocycles. The van der Waals surface area contributed by atoms with Gasteiger partial charge in [0.15, 0.2) is 6.61 Å². The molecule has 0 saturated carbocycles. The molecule has 0 radical (unpaired) electrons. The molecule has 0 heterocycles. The number of nitrogens with one attached hydrogen (secondary N) is 1. The average molecular weight is 322 g/mol. The second-order valence-electron chi connectivity index (χ2n) is 4.29. The van der Waals surface area contributed by atoms with E-state index in [2.05, 4.69) is 5.32 Å². The standard InChI is InChI=1S/C15H18N2O6/c1-21-11-5-3-10(12(7-11)22-2)4-6-15(20)23-9-14(19)17-8-13(16)18/h3-7H,8-9H2,1-2H3,(H2,16,18)(H,17,19)/b6-4+. The summed E-state index contributed by atoms with van der Waals surface area (Å²) in [6.45, 7) is -0.814. The molecular formula is C15H18N2O6. The molecule has 1 aromatic carbocycles. The number of amides is 2. The Bertz CT molecular complexity index is 612. The highest BCUT2D eigenvalue weighted by atomic mass is 16.5. The van der Waals surface area contributed by atoms with Gasteiger partial charge in [-0.05, 0) is 18.2 Å². The number of primary amides is 1. The van der Waals surface area contributed by atoms with Crippen LogP contribution in [0.15, 0.2) is 24.3 Å². The first-order valence-electron chi connectivity index (χ1n) is 6.58. The van der Waals surface area contributed by atoms with Crippen LogP contribution >= 0.6 is 0 Å². The monoisotopic (exact) mass is 322 g/mol. The topological polar surface area (TPSA) is 117 Å². The van der Waals surface area contributed by atoms with Crippen molar-refractivity contribution in [1.82, 2.24) is 5.32 Å². The van der Waals surface area contributed by atoms with Crippen LogP contribution in [0, 0.1) is 0 Å². The Balaban J connectivity index is 2.55. The van der Waals surface area contributed by atoms with E-state index < -0.39 is 24.4 Å². The van der Waals surface area contributed by atoms with Gasteiger partial charge in [-0.2, -0.15) is 0 Å². The van der Waals surface area contributed by atoms with Gasteiger partial charge in [-0.1, -0.05) is 0 Å². The Morgan fingerprint density at radius 2 is 1.96 bits per heavy atom. The lowest BCUT2D eigenvalue weighted by molar-refractivity contribution is -0.143. The number of hydrogen-bond acceptors (Lipinski definition) is 6. The van der Waals surface area contributed by atoms with Crippen LogP contribution < -0.4 is 20.5 Å². The summed E-state index contributed by atoms with van der Waals surface area (Å²) >= 11 is 0. The molecule has 23 heavy (non-hydrogen) atoms. The first kappa shape index (κ1) is 18.0. The Labute approximate surface area is 133 Å². The van der Waals surface area contributed by atoms with Gasteiger partial charge in [-0.25, -0.2) is 4.79 Å². The minimum Gasteiger partial charge on any atom is -0.497 e. The summed E-state index contributed by atoms with van der Waals surface area (Å²) in [5, 5.41) is 2.19. The van der Waals surface area contributed by atoms with Crippen molar-refractivity contribution in [3.8, 4) is 11.5 Å². The minimum absolute atomic E-state index is 0.310. The van der Waals surface area contributed by atoms with Gasteiger partial charge in [0.25, 0.3) is 5.91 Å². The third-order valence-electron chi connectivity index (χ3n) is 2.64. The van der Waals surface area contributed by atoms with Crippen LogP contribution in [0.5, 0.6) is 11.5 Å². The number of methoxy groups -OCH3 is 2. The second-order valence-corrected chi connectivity index (χ2v) is 4.29. The fourth-order valence-electron chi connectivity index (χ4n) is 1.54. The summed E-state index contributed by atoms with van der Waals surface area (Å²) in [4.78, 5) is 33.3. The zero-order chi connectivity index (χ0) is 17.2. The van der Waals surface area contributed by atoms with E-state index in [0.717, 1.165) is 6.08 Å². The van der Waals surface area contributed by atoms with Gasteiger partial charge in [0.2, 0.25) is 5.91 Å². The van der Waals surface area contributed by atoms with Gasteiger partial charge in [0.05, 0.1) is 20.8 Å². The number of rotatable bonds is 8. The predicted molar refractivity (Wildman–Crippen MR) is 81.7 cm³/mol. The summed E-state index contributed by atoms with van der Waals surface area (Å²) < 4.78 is 15.0.